The number of carbonyl (C=O) groups excluding carboxylic acids is 1. The van der Waals surface area contributed by atoms with Crippen molar-refractivity contribution in [3.63, 3.8) is 0 Å². The molecule has 0 aliphatic heterocycles. The van der Waals surface area contributed by atoms with E-state index in [-0.39, 0.29) is 18.3 Å². The fraction of sp³-hybridized carbons (Fsp3) is 0.0800. The molecule has 5 heteroatoms. The summed E-state index contributed by atoms with van der Waals surface area (Å²) in [4.78, 5) is 12.7. The van der Waals surface area contributed by atoms with Crippen LogP contribution in [0.4, 0.5) is 0 Å². The van der Waals surface area contributed by atoms with Crippen molar-refractivity contribution in [2.75, 3.05) is 6.61 Å². The highest BCUT2D eigenvalue weighted by Crippen LogP contribution is 2.36. The summed E-state index contributed by atoms with van der Waals surface area (Å²) in [6.07, 6.45) is 0. The maximum absolute atomic E-state index is 12.7. The van der Waals surface area contributed by atoms with Gasteiger partial charge in [0, 0.05) is 10.6 Å². The molecule has 30 heavy (non-hydrogen) atoms. The lowest BCUT2D eigenvalue weighted by atomic mass is 9.92. The Balaban J connectivity index is 1.68. The number of amides is 1. The molecule has 0 aliphatic carbocycles. The molecule has 0 spiro atoms. The van der Waals surface area contributed by atoms with E-state index in [0.29, 0.717) is 16.3 Å². The molecule has 0 saturated heterocycles. The fourth-order valence-corrected chi connectivity index (χ4v) is 3.56. The zero-order valence-corrected chi connectivity index (χ0v) is 16.8. The van der Waals surface area contributed by atoms with E-state index in [1.165, 1.54) is 0 Å². The van der Waals surface area contributed by atoms with E-state index in [0.717, 1.165) is 16.3 Å². The number of ether oxygens (including phenoxy) is 1. The van der Waals surface area contributed by atoms with Crippen molar-refractivity contribution < 1.29 is 14.6 Å². The number of benzene rings is 4. The SMILES string of the molecule is O=C(COc1ccccc1)N[C@@H](c1ccc(Cl)cc1)c1c(O)ccc2ccccc12. The fourth-order valence-electron chi connectivity index (χ4n) is 3.43. The second-order valence-corrected chi connectivity index (χ2v) is 7.31. The minimum atomic E-state index is -0.569. The lowest BCUT2D eigenvalue weighted by Gasteiger charge is -2.23. The summed E-state index contributed by atoms with van der Waals surface area (Å²) in [5.74, 6) is 0.424. The Kier molecular flexibility index (Phi) is 5.87. The molecule has 0 unspecified atom stereocenters. The highest BCUT2D eigenvalue weighted by atomic mass is 35.5. The minimum Gasteiger partial charge on any atom is -0.508 e. The maximum Gasteiger partial charge on any atom is 0.258 e. The molecule has 0 fully saturated rings. The zero-order valence-electron chi connectivity index (χ0n) is 16.1. The van der Waals surface area contributed by atoms with Gasteiger partial charge in [-0.25, -0.2) is 0 Å². The summed E-state index contributed by atoms with van der Waals surface area (Å²) in [5, 5.41) is 16.1. The van der Waals surface area contributed by atoms with Crippen LogP contribution >= 0.6 is 11.6 Å². The maximum atomic E-state index is 12.7. The molecule has 4 nitrogen and oxygen atoms in total. The number of halogens is 1. The third-order valence-electron chi connectivity index (χ3n) is 4.86. The molecule has 1 amide bonds. The summed E-state index contributed by atoms with van der Waals surface area (Å²) >= 11 is 6.06. The van der Waals surface area contributed by atoms with Gasteiger partial charge in [-0.2, -0.15) is 0 Å². The number of phenolic OH excluding ortho intramolecular Hbond substituents is 1. The van der Waals surface area contributed by atoms with Crippen LogP contribution in [0.2, 0.25) is 5.02 Å². The van der Waals surface area contributed by atoms with Crippen LogP contribution in [-0.4, -0.2) is 17.6 Å². The molecular formula is C25H20ClNO3. The van der Waals surface area contributed by atoms with Gasteiger partial charge in [-0.3, -0.25) is 4.79 Å². The molecule has 1 atom stereocenters. The van der Waals surface area contributed by atoms with E-state index in [1.807, 2.05) is 60.7 Å². The lowest BCUT2D eigenvalue weighted by Crippen LogP contribution is -2.33. The standard InChI is InChI=1S/C25H20ClNO3/c26-19-13-10-18(11-14-19)25(27-23(29)16-30-20-7-2-1-3-8-20)24-21-9-5-4-6-17(21)12-15-22(24)28/h1-15,25,28H,16H2,(H,27,29)/t25-/m0/s1. The van der Waals surface area contributed by atoms with Crippen LogP contribution in [0.3, 0.4) is 0 Å². The molecule has 150 valence electrons. The number of rotatable bonds is 6. The van der Waals surface area contributed by atoms with Crippen LogP contribution < -0.4 is 10.1 Å². The van der Waals surface area contributed by atoms with Crippen LogP contribution in [0.15, 0.2) is 91.0 Å². The van der Waals surface area contributed by atoms with Crippen LogP contribution in [0.5, 0.6) is 11.5 Å². The Labute approximate surface area is 179 Å². The van der Waals surface area contributed by atoms with Gasteiger partial charge in [0.15, 0.2) is 6.61 Å². The first kappa shape index (κ1) is 19.8. The monoisotopic (exact) mass is 417 g/mol. The van der Waals surface area contributed by atoms with Gasteiger partial charge in [-0.05, 0) is 46.7 Å². The van der Waals surface area contributed by atoms with Crippen molar-refractivity contribution >= 4 is 28.3 Å². The van der Waals surface area contributed by atoms with Gasteiger partial charge >= 0.3 is 0 Å². The highest BCUT2D eigenvalue weighted by molar-refractivity contribution is 6.30. The first-order chi connectivity index (χ1) is 14.6. The summed E-state index contributed by atoms with van der Waals surface area (Å²) in [7, 11) is 0. The molecule has 4 aromatic rings. The second-order valence-electron chi connectivity index (χ2n) is 6.87. The predicted octanol–water partition coefficient (Wildman–Crippen LogP) is 5.48. The van der Waals surface area contributed by atoms with Crippen molar-refractivity contribution in [3.05, 3.63) is 107 Å². The van der Waals surface area contributed by atoms with Crippen molar-refractivity contribution in [2.45, 2.75) is 6.04 Å². The number of aromatic hydroxyl groups is 1. The average Bonchev–Trinajstić information content (AvgIpc) is 2.78. The van der Waals surface area contributed by atoms with Gasteiger partial charge in [0.25, 0.3) is 5.91 Å². The average molecular weight is 418 g/mol. The Morgan fingerprint density at radius 3 is 2.37 bits per heavy atom. The predicted molar refractivity (Wildman–Crippen MR) is 119 cm³/mol. The molecule has 0 saturated carbocycles. The summed E-state index contributed by atoms with van der Waals surface area (Å²) in [6, 6.07) is 27.0. The van der Waals surface area contributed by atoms with E-state index in [1.54, 1.807) is 30.3 Å². The van der Waals surface area contributed by atoms with E-state index in [2.05, 4.69) is 5.32 Å². The Bertz CT molecular complexity index is 1160. The normalized spacial score (nSPS) is 11.8. The van der Waals surface area contributed by atoms with Crippen molar-refractivity contribution in [1.29, 1.82) is 0 Å². The van der Waals surface area contributed by atoms with Gasteiger partial charge in [-0.1, -0.05) is 72.3 Å². The van der Waals surface area contributed by atoms with Crippen molar-refractivity contribution in [2.24, 2.45) is 0 Å². The van der Waals surface area contributed by atoms with Gasteiger partial charge in [0.2, 0.25) is 0 Å². The van der Waals surface area contributed by atoms with Gasteiger partial charge in [0.1, 0.15) is 11.5 Å². The number of para-hydroxylation sites is 1. The quantitative estimate of drug-likeness (QED) is 0.436. The molecule has 0 aromatic heterocycles. The zero-order chi connectivity index (χ0) is 20.9. The number of nitrogens with one attached hydrogen (secondary N) is 1. The van der Waals surface area contributed by atoms with Crippen molar-refractivity contribution in [1.82, 2.24) is 5.32 Å². The Morgan fingerprint density at radius 2 is 1.60 bits per heavy atom. The molecule has 0 radical (unpaired) electrons. The topological polar surface area (TPSA) is 58.6 Å². The molecular weight excluding hydrogens is 398 g/mol. The Hall–Kier alpha value is -3.50. The molecule has 4 rings (SSSR count). The molecule has 2 N–H and O–H groups in total. The smallest absolute Gasteiger partial charge is 0.258 e. The molecule has 4 aromatic carbocycles. The number of hydrogen-bond donors (Lipinski definition) is 2. The summed E-state index contributed by atoms with van der Waals surface area (Å²) in [5.41, 5.74) is 1.43. The molecule has 0 bridgehead atoms. The third kappa shape index (κ3) is 4.39. The second kappa shape index (κ2) is 8.89. The van der Waals surface area contributed by atoms with Crippen LogP contribution in [0.25, 0.3) is 10.8 Å². The summed E-state index contributed by atoms with van der Waals surface area (Å²) in [6.45, 7) is -0.139. The summed E-state index contributed by atoms with van der Waals surface area (Å²) < 4.78 is 5.58. The largest absolute Gasteiger partial charge is 0.508 e. The third-order valence-corrected chi connectivity index (χ3v) is 5.11. The van der Waals surface area contributed by atoms with Crippen LogP contribution in [-0.2, 0) is 4.79 Å². The van der Waals surface area contributed by atoms with Gasteiger partial charge in [0.05, 0.1) is 6.04 Å². The van der Waals surface area contributed by atoms with Gasteiger partial charge < -0.3 is 15.2 Å². The van der Waals surface area contributed by atoms with Gasteiger partial charge in [-0.15, -0.1) is 0 Å². The van der Waals surface area contributed by atoms with E-state index in [4.69, 9.17) is 16.3 Å². The molecule has 0 aliphatic rings. The first-order valence-corrected chi connectivity index (χ1v) is 9.93. The van der Waals surface area contributed by atoms with Crippen molar-refractivity contribution in [3.8, 4) is 11.5 Å². The van der Waals surface area contributed by atoms with Crippen LogP contribution in [0.1, 0.15) is 17.2 Å². The van der Waals surface area contributed by atoms with E-state index < -0.39 is 6.04 Å². The highest BCUT2D eigenvalue weighted by Gasteiger charge is 2.22. The number of hydrogen-bond acceptors (Lipinski definition) is 3. The lowest BCUT2D eigenvalue weighted by molar-refractivity contribution is -0.123. The molecule has 0 heterocycles. The Morgan fingerprint density at radius 1 is 0.900 bits per heavy atom. The van der Waals surface area contributed by atoms with Crippen LogP contribution in [0, 0.1) is 0 Å². The van der Waals surface area contributed by atoms with E-state index in [9.17, 15) is 9.90 Å². The van der Waals surface area contributed by atoms with E-state index >= 15 is 0 Å². The number of phenols is 1. The number of carbonyl (C=O) groups is 1. The number of fused-ring (bicyclic) bond motifs is 1. The minimum absolute atomic E-state index is 0.109. The first-order valence-electron chi connectivity index (χ1n) is 9.55.